The molecule has 1 unspecified atom stereocenters. The summed E-state index contributed by atoms with van der Waals surface area (Å²) in [5, 5.41) is 7.74. The molecule has 96 valence electrons. The molecule has 1 atom stereocenters. The normalized spacial score (nSPS) is 12.5. The summed E-state index contributed by atoms with van der Waals surface area (Å²) in [7, 11) is 0. The lowest BCUT2D eigenvalue weighted by Crippen LogP contribution is -2.08. The maximum atomic E-state index is 4.46. The van der Waals surface area contributed by atoms with Crippen molar-refractivity contribution >= 4 is 11.6 Å². The lowest BCUT2D eigenvalue weighted by Gasteiger charge is -2.11. The summed E-state index contributed by atoms with van der Waals surface area (Å²) in [6.07, 6.45) is 3.61. The Balaban J connectivity index is 1.88. The van der Waals surface area contributed by atoms with Gasteiger partial charge < -0.3 is 5.32 Å². The van der Waals surface area contributed by atoms with Crippen molar-refractivity contribution in [2.75, 3.05) is 5.32 Å². The standard InChI is InChI=1S/C14H15N5/c1-10-5-3-7-13-17-14(18-19(10)13)16-11(2)12-6-4-8-15-9-12/h3-9,11H,1-2H3,(H,16,18). The molecule has 0 radical (unpaired) electrons. The van der Waals surface area contributed by atoms with Crippen LogP contribution in [0.5, 0.6) is 0 Å². The van der Waals surface area contributed by atoms with E-state index >= 15 is 0 Å². The Labute approximate surface area is 111 Å². The molecule has 0 saturated heterocycles. The predicted molar refractivity (Wildman–Crippen MR) is 74.0 cm³/mol. The monoisotopic (exact) mass is 253 g/mol. The third-order valence-electron chi connectivity index (χ3n) is 3.08. The smallest absolute Gasteiger partial charge is 0.243 e. The van der Waals surface area contributed by atoms with Gasteiger partial charge in [-0.1, -0.05) is 12.1 Å². The van der Waals surface area contributed by atoms with Crippen molar-refractivity contribution in [2.24, 2.45) is 0 Å². The van der Waals surface area contributed by atoms with E-state index in [9.17, 15) is 0 Å². The number of hydrogen-bond acceptors (Lipinski definition) is 4. The molecule has 19 heavy (non-hydrogen) atoms. The van der Waals surface area contributed by atoms with E-state index in [1.807, 2.05) is 48.0 Å². The fourth-order valence-corrected chi connectivity index (χ4v) is 2.01. The molecule has 3 heterocycles. The van der Waals surface area contributed by atoms with Gasteiger partial charge in [0.15, 0.2) is 5.65 Å². The van der Waals surface area contributed by atoms with Crippen molar-refractivity contribution < 1.29 is 0 Å². The largest absolute Gasteiger partial charge is 0.346 e. The first-order chi connectivity index (χ1) is 9.24. The van der Waals surface area contributed by atoms with Gasteiger partial charge in [-0.2, -0.15) is 4.98 Å². The quantitative estimate of drug-likeness (QED) is 0.779. The summed E-state index contributed by atoms with van der Waals surface area (Å²) >= 11 is 0. The van der Waals surface area contributed by atoms with Crippen LogP contribution in [0.15, 0.2) is 42.7 Å². The van der Waals surface area contributed by atoms with E-state index in [1.54, 1.807) is 6.20 Å². The van der Waals surface area contributed by atoms with Gasteiger partial charge in [0.1, 0.15) is 0 Å². The maximum absolute atomic E-state index is 4.46. The molecule has 0 spiro atoms. The SMILES string of the molecule is Cc1cccc2nc(NC(C)c3cccnc3)nn12. The van der Waals surface area contributed by atoms with Crippen LogP contribution in [0.2, 0.25) is 0 Å². The molecule has 0 aliphatic rings. The number of anilines is 1. The van der Waals surface area contributed by atoms with Crippen LogP contribution < -0.4 is 5.32 Å². The first-order valence-corrected chi connectivity index (χ1v) is 6.23. The van der Waals surface area contributed by atoms with E-state index in [0.29, 0.717) is 5.95 Å². The molecule has 0 aromatic carbocycles. The van der Waals surface area contributed by atoms with Gasteiger partial charge in [-0.15, -0.1) is 5.10 Å². The topological polar surface area (TPSA) is 55.1 Å². The third kappa shape index (κ3) is 2.27. The number of nitrogens with zero attached hydrogens (tertiary/aromatic N) is 4. The molecule has 1 N–H and O–H groups in total. The lowest BCUT2D eigenvalue weighted by molar-refractivity contribution is 0.840. The maximum Gasteiger partial charge on any atom is 0.243 e. The zero-order chi connectivity index (χ0) is 13.2. The number of rotatable bonds is 3. The summed E-state index contributed by atoms with van der Waals surface area (Å²) in [6, 6.07) is 10.0. The number of aryl methyl sites for hydroxylation is 1. The number of hydrogen-bond donors (Lipinski definition) is 1. The molecule has 0 saturated carbocycles. The van der Waals surface area contributed by atoms with Gasteiger partial charge in [-0.3, -0.25) is 4.98 Å². The summed E-state index contributed by atoms with van der Waals surface area (Å²) in [6.45, 7) is 4.07. The Morgan fingerprint density at radius 2 is 2.11 bits per heavy atom. The van der Waals surface area contributed by atoms with Crippen LogP contribution in [-0.2, 0) is 0 Å². The van der Waals surface area contributed by atoms with Gasteiger partial charge in [0.2, 0.25) is 5.95 Å². The Kier molecular flexibility index (Phi) is 2.87. The van der Waals surface area contributed by atoms with Crippen molar-refractivity contribution in [1.82, 2.24) is 19.6 Å². The van der Waals surface area contributed by atoms with Crippen molar-refractivity contribution in [2.45, 2.75) is 19.9 Å². The molecular weight excluding hydrogens is 238 g/mol. The highest BCUT2D eigenvalue weighted by molar-refractivity contribution is 5.45. The third-order valence-corrected chi connectivity index (χ3v) is 3.08. The molecule has 0 aliphatic carbocycles. The van der Waals surface area contributed by atoms with Crippen molar-refractivity contribution in [3.05, 3.63) is 54.0 Å². The van der Waals surface area contributed by atoms with Crippen LogP contribution in [0.3, 0.4) is 0 Å². The van der Waals surface area contributed by atoms with Crippen LogP contribution in [0, 0.1) is 6.92 Å². The fraction of sp³-hybridized carbons (Fsp3) is 0.214. The average Bonchev–Trinajstić information content (AvgIpc) is 2.84. The zero-order valence-electron chi connectivity index (χ0n) is 10.9. The van der Waals surface area contributed by atoms with Gasteiger partial charge in [0, 0.05) is 18.1 Å². The minimum absolute atomic E-state index is 0.117. The summed E-state index contributed by atoms with van der Waals surface area (Å²) in [5.41, 5.74) is 3.02. The van der Waals surface area contributed by atoms with E-state index in [0.717, 1.165) is 16.9 Å². The lowest BCUT2D eigenvalue weighted by atomic mass is 10.1. The zero-order valence-corrected chi connectivity index (χ0v) is 10.9. The molecule has 0 amide bonds. The average molecular weight is 253 g/mol. The Bertz CT molecular complexity index is 689. The fourth-order valence-electron chi connectivity index (χ4n) is 2.01. The Morgan fingerprint density at radius 1 is 1.21 bits per heavy atom. The Morgan fingerprint density at radius 3 is 2.84 bits per heavy atom. The molecule has 5 nitrogen and oxygen atoms in total. The molecule has 0 bridgehead atoms. The second kappa shape index (κ2) is 4.68. The minimum atomic E-state index is 0.117. The van der Waals surface area contributed by atoms with Gasteiger partial charge in [-0.05, 0) is 37.6 Å². The van der Waals surface area contributed by atoms with Gasteiger partial charge in [0.05, 0.1) is 6.04 Å². The predicted octanol–water partition coefficient (Wildman–Crippen LogP) is 2.61. The van der Waals surface area contributed by atoms with Crippen molar-refractivity contribution in [3.8, 4) is 0 Å². The molecule has 0 aliphatic heterocycles. The van der Waals surface area contributed by atoms with E-state index in [4.69, 9.17) is 0 Å². The van der Waals surface area contributed by atoms with Crippen LogP contribution in [-0.4, -0.2) is 19.6 Å². The van der Waals surface area contributed by atoms with Gasteiger partial charge >= 0.3 is 0 Å². The second-order valence-corrected chi connectivity index (χ2v) is 4.52. The molecule has 3 aromatic heterocycles. The van der Waals surface area contributed by atoms with Crippen molar-refractivity contribution in [3.63, 3.8) is 0 Å². The highest BCUT2D eigenvalue weighted by Gasteiger charge is 2.09. The van der Waals surface area contributed by atoms with Crippen molar-refractivity contribution in [1.29, 1.82) is 0 Å². The summed E-state index contributed by atoms with van der Waals surface area (Å²) in [4.78, 5) is 8.58. The van der Waals surface area contributed by atoms with Crippen LogP contribution in [0.4, 0.5) is 5.95 Å². The van der Waals surface area contributed by atoms with Crippen LogP contribution in [0.1, 0.15) is 24.2 Å². The molecule has 3 rings (SSSR count). The Hall–Kier alpha value is -2.43. The highest BCUT2D eigenvalue weighted by Crippen LogP contribution is 2.16. The van der Waals surface area contributed by atoms with Gasteiger partial charge in [0.25, 0.3) is 0 Å². The summed E-state index contributed by atoms with van der Waals surface area (Å²) in [5.74, 6) is 0.630. The summed E-state index contributed by atoms with van der Waals surface area (Å²) < 4.78 is 1.83. The van der Waals surface area contributed by atoms with E-state index in [1.165, 1.54) is 0 Å². The second-order valence-electron chi connectivity index (χ2n) is 4.52. The number of aromatic nitrogens is 4. The molecule has 3 aromatic rings. The highest BCUT2D eigenvalue weighted by atomic mass is 15.4. The van der Waals surface area contributed by atoms with Gasteiger partial charge in [-0.25, -0.2) is 4.52 Å². The molecular formula is C14H15N5. The van der Waals surface area contributed by atoms with Crippen LogP contribution >= 0.6 is 0 Å². The molecule has 5 heteroatoms. The van der Waals surface area contributed by atoms with E-state index in [-0.39, 0.29) is 6.04 Å². The molecule has 0 fully saturated rings. The number of fused-ring (bicyclic) bond motifs is 1. The number of nitrogens with one attached hydrogen (secondary N) is 1. The number of pyridine rings is 2. The van der Waals surface area contributed by atoms with Crippen LogP contribution in [0.25, 0.3) is 5.65 Å². The first kappa shape index (κ1) is 11.6. The van der Waals surface area contributed by atoms with E-state index < -0.39 is 0 Å². The minimum Gasteiger partial charge on any atom is -0.346 e. The first-order valence-electron chi connectivity index (χ1n) is 6.23. The van der Waals surface area contributed by atoms with E-state index in [2.05, 4.69) is 27.3 Å².